The third-order valence-corrected chi connectivity index (χ3v) is 4.02. The van der Waals surface area contributed by atoms with Crippen LogP contribution in [0.25, 0.3) is 0 Å². The molecule has 14 heavy (non-hydrogen) atoms. The quantitative estimate of drug-likeness (QED) is 0.729. The number of hydrogen-bond donors (Lipinski definition) is 2. The van der Waals surface area contributed by atoms with E-state index in [0.29, 0.717) is 5.41 Å². The summed E-state index contributed by atoms with van der Waals surface area (Å²) >= 11 is 0. The van der Waals surface area contributed by atoms with Crippen molar-refractivity contribution in [1.82, 2.24) is 0 Å². The van der Waals surface area contributed by atoms with Crippen LogP contribution < -0.4 is 5.73 Å². The van der Waals surface area contributed by atoms with Gasteiger partial charge in [0, 0.05) is 6.04 Å². The van der Waals surface area contributed by atoms with Gasteiger partial charge in [0.05, 0.1) is 6.61 Å². The molecule has 0 aromatic carbocycles. The van der Waals surface area contributed by atoms with Crippen molar-refractivity contribution >= 4 is 0 Å². The Kier molecular flexibility index (Phi) is 3.96. The van der Waals surface area contributed by atoms with Gasteiger partial charge in [0.2, 0.25) is 0 Å². The van der Waals surface area contributed by atoms with E-state index in [1.54, 1.807) is 0 Å². The van der Waals surface area contributed by atoms with Gasteiger partial charge in [-0.05, 0) is 42.9 Å². The van der Waals surface area contributed by atoms with Crippen molar-refractivity contribution in [3.63, 3.8) is 0 Å². The molecule has 1 aliphatic rings. The Morgan fingerprint density at radius 2 is 2.14 bits per heavy atom. The molecule has 0 heterocycles. The maximum Gasteiger partial charge on any atom is 0.0582 e. The highest BCUT2D eigenvalue weighted by molar-refractivity contribution is 4.89. The van der Waals surface area contributed by atoms with Gasteiger partial charge in [-0.25, -0.2) is 0 Å². The molecule has 2 heteroatoms. The average Bonchev–Trinajstić information content (AvgIpc) is 2.38. The Bertz CT molecular complexity index is 179. The fraction of sp³-hybridized carbons (Fsp3) is 1.00. The molecule has 3 N–H and O–H groups in total. The smallest absolute Gasteiger partial charge is 0.0582 e. The number of hydrogen-bond acceptors (Lipinski definition) is 2. The van der Waals surface area contributed by atoms with Crippen LogP contribution in [0, 0.1) is 17.3 Å². The summed E-state index contributed by atoms with van der Waals surface area (Å²) in [5.74, 6) is 1.62. The van der Waals surface area contributed by atoms with Crippen molar-refractivity contribution in [2.75, 3.05) is 6.61 Å². The second-order valence-corrected chi connectivity index (χ2v) is 5.63. The van der Waals surface area contributed by atoms with Crippen molar-refractivity contribution in [3.05, 3.63) is 0 Å². The fourth-order valence-corrected chi connectivity index (χ4v) is 2.92. The monoisotopic (exact) mass is 199 g/mol. The number of aliphatic hydroxyl groups is 1. The van der Waals surface area contributed by atoms with Crippen LogP contribution in [0.3, 0.4) is 0 Å². The summed E-state index contributed by atoms with van der Waals surface area (Å²) in [5.41, 5.74) is 6.22. The molecule has 0 bridgehead atoms. The first kappa shape index (κ1) is 12.0. The second kappa shape index (κ2) is 4.63. The lowest BCUT2D eigenvalue weighted by atomic mass is 9.76. The normalized spacial score (nSPS) is 33.2. The molecule has 84 valence electrons. The van der Waals surface area contributed by atoms with Crippen LogP contribution in [-0.2, 0) is 0 Å². The minimum atomic E-state index is -0.0152. The van der Waals surface area contributed by atoms with Gasteiger partial charge in [-0.1, -0.05) is 20.8 Å². The largest absolute Gasteiger partial charge is 0.395 e. The zero-order chi connectivity index (χ0) is 10.8. The van der Waals surface area contributed by atoms with Gasteiger partial charge in [-0.15, -0.1) is 0 Å². The SMILES string of the molecule is CC1CCC(C)(C)C1CCC(N)CO. The summed E-state index contributed by atoms with van der Waals surface area (Å²) in [6, 6.07) is -0.0152. The van der Waals surface area contributed by atoms with E-state index in [2.05, 4.69) is 20.8 Å². The second-order valence-electron chi connectivity index (χ2n) is 5.63. The van der Waals surface area contributed by atoms with Gasteiger partial charge in [0.1, 0.15) is 0 Å². The Morgan fingerprint density at radius 1 is 1.50 bits per heavy atom. The van der Waals surface area contributed by atoms with Crippen LogP contribution in [-0.4, -0.2) is 17.8 Å². The van der Waals surface area contributed by atoms with Crippen LogP contribution in [0.15, 0.2) is 0 Å². The van der Waals surface area contributed by atoms with Crippen LogP contribution in [0.2, 0.25) is 0 Å². The van der Waals surface area contributed by atoms with Crippen LogP contribution in [0.5, 0.6) is 0 Å². The van der Waals surface area contributed by atoms with Crippen molar-refractivity contribution in [1.29, 1.82) is 0 Å². The average molecular weight is 199 g/mol. The van der Waals surface area contributed by atoms with Crippen LogP contribution >= 0.6 is 0 Å². The highest BCUT2D eigenvalue weighted by Gasteiger charge is 2.38. The number of nitrogens with two attached hydrogens (primary N) is 1. The zero-order valence-corrected chi connectivity index (χ0v) is 9.79. The Hall–Kier alpha value is -0.0800. The molecular weight excluding hydrogens is 174 g/mol. The van der Waals surface area contributed by atoms with E-state index in [1.165, 1.54) is 19.3 Å². The Morgan fingerprint density at radius 3 is 2.57 bits per heavy atom. The minimum Gasteiger partial charge on any atom is -0.395 e. The molecule has 0 spiro atoms. The van der Waals surface area contributed by atoms with Crippen molar-refractivity contribution in [2.45, 2.75) is 52.5 Å². The molecule has 0 radical (unpaired) electrons. The van der Waals surface area contributed by atoms with E-state index in [0.717, 1.165) is 18.3 Å². The molecular formula is C12H25NO. The van der Waals surface area contributed by atoms with Gasteiger partial charge < -0.3 is 10.8 Å². The lowest BCUT2D eigenvalue weighted by molar-refractivity contribution is 0.189. The van der Waals surface area contributed by atoms with E-state index in [9.17, 15) is 0 Å². The third kappa shape index (κ3) is 2.71. The van der Waals surface area contributed by atoms with Crippen molar-refractivity contribution in [3.8, 4) is 0 Å². The van der Waals surface area contributed by atoms with E-state index >= 15 is 0 Å². The highest BCUT2D eigenvalue weighted by atomic mass is 16.3. The van der Waals surface area contributed by atoms with Crippen LogP contribution in [0.4, 0.5) is 0 Å². The van der Waals surface area contributed by atoms with Gasteiger partial charge in [0.15, 0.2) is 0 Å². The standard InChI is InChI=1S/C12H25NO/c1-9-6-7-12(2,3)11(9)5-4-10(13)8-14/h9-11,14H,4-8,13H2,1-3H3. The molecule has 3 unspecified atom stereocenters. The number of aliphatic hydroxyl groups excluding tert-OH is 1. The van der Waals surface area contributed by atoms with Crippen LogP contribution in [0.1, 0.15) is 46.5 Å². The predicted molar refractivity (Wildman–Crippen MR) is 60.0 cm³/mol. The van der Waals surface area contributed by atoms with Crippen molar-refractivity contribution in [2.24, 2.45) is 23.0 Å². The fourth-order valence-electron chi connectivity index (χ4n) is 2.92. The molecule has 1 saturated carbocycles. The summed E-state index contributed by atoms with van der Waals surface area (Å²) in [5, 5.41) is 8.88. The molecule has 1 rings (SSSR count). The maximum atomic E-state index is 8.88. The molecule has 0 aromatic heterocycles. The molecule has 0 aromatic rings. The van der Waals surface area contributed by atoms with Gasteiger partial charge in [-0.2, -0.15) is 0 Å². The maximum absolute atomic E-state index is 8.88. The van der Waals surface area contributed by atoms with Gasteiger partial charge in [-0.3, -0.25) is 0 Å². The highest BCUT2D eigenvalue weighted by Crippen LogP contribution is 2.48. The van der Waals surface area contributed by atoms with Gasteiger partial charge >= 0.3 is 0 Å². The van der Waals surface area contributed by atoms with E-state index in [1.807, 2.05) is 0 Å². The van der Waals surface area contributed by atoms with E-state index in [-0.39, 0.29) is 12.6 Å². The molecule has 1 aliphatic carbocycles. The Labute approximate surface area is 87.9 Å². The first-order valence-electron chi connectivity index (χ1n) is 5.84. The molecule has 0 saturated heterocycles. The Balaban J connectivity index is 2.42. The topological polar surface area (TPSA) is 46.2 Å². The molecule has 1 fully saturated rings. The zero-order valence-electron chi connectivity index (χ0n) is 9.79. The summed E-state index contributed by atoms with van der Waals surface area (Å²) in [6.07, 6.45) is 4.84. The molecule has 2 nitrogen and oxygen atoms in total. The molecule has 3 atom stereocenters. The van der Waals surface area contributed by atoms with Crippen molar-refractivity contribution < 1.29 is 5.11 Å². The number of rotatable bonds is 4. The summed E-state index contributed by atoms with van der Waals surface area (Å²) in [6.45, 7) is 7.21. The summed E-state index contributed by atoms with van der Waals surface area (Å²) < 4.78 is 0. The lowest BCUT2D eigenvalue weighted by Crippen LogP contribution is -2.28. The predicted octanol–water partition coefficient (Wildman–Crippen LogP) is 2.16. The van der Waals surface area contributed by atoms with E-state index < -0.39 is 0 Å². The first-order chi connectivity index (χ1) is 6.47. The van der Waals surface area contributed by atoms with Gasteiger partial charge in [0.25, 0.3) is 0 Å². The minimum absolute atomic E-state index is 0.0152. The lowest BCUT2D eigenvalue weighted by Gasteiger charge is -2.30. The molecule has 0 aliphatic heterocycles. The first-order valence-corrected chi connectivity index (χ1v) is 5.84. The third-order valence-electron chi connectivity index (χ3n) is 4.02. The summed E-state index contributed by atoms with van der Waals surface area (Å²) in [4.78, 5) is 0. The molecule has 0 amide bonds. The summed E-state index contributed by atoms with van der Waals surface area (Å²) in [7, 11) is 0. The van der Waals surface area contributed by atoms with E-state index in [4.69, 9.17) is 10.8 Å².